The summed E-state index contributed by atoms with van der Waals surface area (Å²) in [6.07, 6.45) is 3.02. The van der Waals surface area contributed by atoms with Crippen LogP contribution in [0.1, 0.15) is 41.4 Å². The van der Waals surface area contributed by atoms with Crippen LogP contribution in [-0.4, -0.2) is 45.7 Å². The molecule has 25 heavy (non-hydrogen) atoms. The molecule has 3 rings (SSSR count). The van der Waals surface area contributed by atoms with E-state index in [1.54, 1.807) is 0 Å². The average molecular weight is 339 g/mol. The first-order valence-corrected chi connectivity index (χ1v) is 8.86. The van der Waals surface area contributed by atoms with Crippen LogP contribution in [0.2, 0.25) is 0 Å². The molecule has 1 aromatic heterocycles. The van der Waals surface area contributed by atoms with Gasteiger partial charge < -0.3 is 14.8 Å². The van der Waals surface area contributed by atoms with Gasteiger partial charge in [0.1, 0.15) is 5.69 Å². The van der Waals surface area contributed by atoms with Gasteiger partial charge in [-0.2, -0.15) is 0 Å². The van der Waals surface area contributed by atoms with Crippen LogP contribution in [0.15, 0.2) is 42.6 Å². The van der Waals surface area contributed by atoms with Crippen molar-refractivity contribution in [3.8, 4) is 0 Å². The van der Waals surface area contributed by atoms with Gasteiger partial charge >= 0.3 is 0 Å². The number of rotatable bonds is 4. The van der Waals surface area contributed by atoms with Crippen LogP contribution in [0.3, 0.4) is 0 Å². The summed E-state index contributed by atoms with van der Waals surface area (Å²) in [6, 6.07) is 11.9. The number of hydrogen-bond donors (Lipinski definition) is 1. The predicted octanol–water partition coefficient (Wildman–Crippen LogP) is 2.98. The molecule has 0 bridgehead atoms. The van der Waals surface area contributed by atoms with Crippen molar-refractivity contribution < 1.29 is 9.59 Å². The minimum atomic E-state index is -0.0269. The molecule has 1 unspecified atom stereocenters. The molecule has 1 aliphatic heterocycles. The van der Waals surface area contributed by atoms with Gasteiger partial charge in [-0.25, -0.2) is 0 Å². The van der Waals surface area contributed by atoms with Crippen molar-refractivity contribution >= 4 is 11.8 Å². The van der Waals surface area contributed by atoms with E-state index in [0.717, 1.165) is 17.5 Å². The molecule has 1 atom stereocenters. The molecule has 1 saturated heterocycles. The first kappa shape index (κ1) is 17.3. The van der Waals surface area contributed by atoms with Crippen molar-refractivity contribution in [1.29, 1.82) is 0 Å². The summed E-state index contributed by atoms with van der Waals surface area (Å²) in [7, 11) is 0. The second kappa shape index (κ2) is 7.55. The van der Waals surface area contributed by atoms with E-state index < -0.39 is 0 Å². The van der Waals surface area contributed by atoms with Crippen LogP contribution in [0.5, 0.6) is 0 Å². The third-order valence-corrected chi connectivity index (χ3v) is 4.80. The number of nitrogens with one attached hydrogen (secondary N) is 1. The highest BCUT2D eigenvalue weighted by atomic mass is 16.2. The Morgan fingerprint density at radius 1 is 1.28 bits per heavy atom. The van der Waals surface area contributed by atoms with Gasteiger partial charge in [0.2, 0.25) is 5.91 Å². The number of amides is 2. The average Bonchev–Trinajstić information content (AvgIpc) is 3.00. The fraction of sp³-hybridized carbons (Fsp3) is 0.400. The van der Waals surface area contributed by atoms with Crippen LogP contribution in [0, 0.1) is 6.92 Å². The molecule has 0 spiro atoms. The van der Waals surface area contributed by atoms with Gasteiger partial charge in [0, 0.05) is 38.3 Å². The monoisotopic (exact) mass is 339 g/mol. The fourth-order valence-corrected chi connectivity index (χ4v) is 3.35. The standard InChI is InChI=1S/C20H25N3O2/c1-3-17-14-22(20(25)18-11-15(2)12-21-18)10-9-19(24)23(17)13-16-7-5-4-6-8-16/h4-8,11-12,17,21H,3,9-10,13-14H2,1-2H3. The summed E-state index contributed by atoms with van der Waals surface area (Å²) in [5.74, 6) is 0.0922. The van der Waals surface area contributed by atoms with Crippen LogP contribution < -0.4 is 0 Å². The first-order valence-electron chi connectivity index (χ1n) is 8.86. The number of aromatic amines is 1. The highest BCUT2D eigenvalue weighted by Crippen LogP contribution is 2.19. The van der Waals surface area contributed by atoms with Crippen LogP contribution in [-0.2, 0) is 11.3 Å². The Bertz CT molecular complexity index is 738. The Hall–Kier alpha value is -2.56. The number of aryl methyl sites for hydroxylation is 1. The fourth-order valence-electron chi connectivity index (χ4n) is 3.35. The van der Waals surface area contributed by atoms with E-state index >= 15 is 0 Å². The second-order valence-corrected chi connectivity index (χ2v) is 6.66. The Morgan fingerprint density at radius 3 is 2.68 bits per heavy atom. The number of carbonyl (C=O) groups excluding carboxylic acids is 2. The van der Waals surface area contributed by atoms with Gasteiger partial charge in [-0.15, -0.1) is 0 Å². The van der Waals surface area contributed by atoms with E-state index in [1.807, 2.05) is 59.3 Å². The molecule has 2 amide bonds. The molecule has 0 aliphatic carbocycles. The molecule has 2 aromatic rings. The zero-order valence-electron chi connectivity index (χ0n) is 14.9. The van der Waals surface area contributed by atoms with E-state index in [4.69, 9.17) is 0 Å². The molecule has 1 aliphatic rings. The van der Waals surface area contributed by atoms with Gasteiger partial charge in [-0.3, -0.25) is 9.59 Å². The second-order valence-electron chi connectivity index (χ2n) is 6.66. The zero-order chi connectivity index (χ0) is 17.8. The Labute approximate surface area is 148 Å². The van der Waals surface area contributed by atoms with Crippen molar-refractivity contribution in [2.45, 2.75) is 39.3 Å². The summed E-state index contributed by atoms with van der Waals surface area (Å²) < 4.78 is 0. The number of nitrogens with zero attached hydrogens (tertiary/aromatic N) is 2. The molecule has 1 aromatic carbocycles. The van der Waals surface area contributed by atoms with Crippen molar-refractivity contribution in [1.82, 2.24) is 14.8 Å². The zero-order valence-corrected chi connectivity index (χ0v) is 14.9. The van der Waals surface area contributed by atoms with Crippen molar-refractivity contribution in [2.75, 3.05) is 13.1 Å². The van der Waals surface area contributed by atoms with Crippen molar-refractivity contribution in [3.05, 3.63) is 59.4 Å². The number of carbonyl (C=O) groups is 2. The molecule has 2 heterocycles. The van der Waals surface area contributed by atoms with Gasteiger partial charge in [0.25, 0.3) is 5.91 Å². The number of aromatic nitrogens is 1. The summed E-state index contributed by atoms with van der Waals surface area (Å²) in [6.45, 7) is 5.67. The Morgan fingerprint density at radius 2 is 2.04 bits per heavy atom. The quantitative estimate of drug-likeness (QED) is 0.931. The smallest absolute Gasteiger partial charge is 0.270 e. The lowest BCUT2D eigenvalue weighted by Gasteiger charge is -2.31. The molecule has 1 N–H and O–H groups in total. The van der Waals surface area contributed by atoms with E-state index in [0.29, 0.717) is 31.7 Å². The molecular weight excluding hydrogens is 314 g/mol. The van der Waals surface area contributed by atoms with E-state index in [2.05, 4.69) is 11.9 Å². The minimum absolute atomic E-state index is 0.0269. The maximum atomic E-state index is 12.8. The summed E-state index contributed by atoms with van der Waals surface area (Å²) in [5.41, 5.74) is 2.75. The maximum absolute atomic E-state index is 12.8. The van der Waals surface area contributed by atoms with Gasteiger partial charge in [-0.1, -0.05) is 37.3 Å². The highest BCUT2D eigenvalue weighted by Gasteiger charge is 2.31. The van der Waals surface area contributed by atoms with Crippen molar-refractivity contribution in [3.63, 3.8) is 0 Å². The lowest BCUT2D eigenvalue weighted by atomic mass is 10.1. The van der Waals surface area contributed by atoms with E-state index in [9.17, 15) is 9.59 Å². The van der Waals surface area contributed by atoms with Gasteiger partial charge in [0.05, 0.1) is 0 Å². The van der Waals surface area contributed by atoms with Gasteiger partial charge in [0.15, 0.2) is 0 Å². The minimum Gasteiger partial charge on any atom is -0.357 e. The number of benzene rings is 1. The first-order chi connectivity index (χ1) is 12.1. The number of H-pyrrole nitrogens is 1. The van der Waals surface area contributed by atoms with E-state index in [-0.39, 0.29) is 17.9 Å². The SMILES string of the molecule is CCC1CN(C(=O)c2cc(C)c[nH]2)CCC(=O)N1Cc1ccccc1. The molecular formula is C20H25N3O2. The lowest BCUT2D eigenvalue weighted by molar-refractivity contribution is -0.133. The van der Waals surface area contributed by atoms with Crippen molar-refractivity contribution in [2.24, 2.45) is 0 Å². The molecule has 132 valence electrons. The summed E-state index contributed by atoms with van der Waals surface area (Å²) in [5, 5.41) is 0. The maximum Gasteiger partial charge on any atom is 0.270 e. The largest absolute Gasteiger partial charge is 0.357 e. The summed E-state index contributed by atoms with van der Waals surface area (Å²) >= 11 is 0. The van der Waals surface area contributed by atoms with Gasteiger partial charge in [-0.05, 0) is 30.5 Å². The molecule has 5 heteroatoms. The Balaban J connectivity index is 1.77. The topological polar surface area (TPSA) is 56.4 Å². The third kappa shape index (κ3) is 3.92. The predicted molar refractivity (Wildman–Crippen MR) is 97.1 cm³/mol. The van der Waals surface area contributed by atoms with E-state index in [1.165, 1.54) is 0 Å². The number of hydrogen-bond acceptors (Lipinski definition) is 2. The highest BCUT2D eigenvalue weighted by molar-refractivity contribution is 5.93. The van der Waals surface area contributed by atoms with Crippen LogP contribution >= 0.6 is 0 Å². The molecule has 5 nitrogen and oxygen atoms in total. The Kier molecular flexibility index (Phi) is 5.22. The normalized spacial score (nSPS) is 18.3. The molecule has 0 radical (unpaired) electrons. The van der Waals surface area contributed by atoms with Crippen LogP contribution in [0.4, 0.5) is 0 Å². The molecule has 0 saturated carbocycles. The summed E-state index contributed by atoms with van der Waals surface area (Å²) in [4.78, 5) is 32.2. The van der Waals surface area contributed by atoms with Crippen LogP contribution in [0.25, 0.3) is 0 Å². The third-order valence-electron chi connectivity index (χ3n) is 4.80. The lowest BCUT2D eigenvalue weighted by Crippen LogP contribution is -2.43. The molecule has 1 fully saturated rings.